The maximum absolute atomic E-state index is 12.0. The lowest BCUT2D eigenvalue weighted by atomic mass is 10.1. The summed E-state index contributed by atoms with van der Waals surface area (Å²) in [6.07, 6.45) is -0.666. The van der Waals surface area contributed by atoms with Gasteiger partial charge in [0.25, 0.3) is 5.91 Å². The summed E-state index contributed by atoms with van der Waals surface area (Å²) >= 11 is 0. The highest BCUT2D eigenvalue weighted by Crippen LogP contribution is 2.23. The standard InChI is InChI=1S/C15H15NO3/c1-10(17)13-7-2-3-8-14(13)16-15(19)11-5-4-6-12(18)9-11/h2-10,17-18H,1H3,(H,16,19). The third kappa shape index (κ3) is 3.11. The van der Waals surface area contributed by atoms with Crippen LogP contribution >= 0.6 is 0 Å². The molecule has 2 aromatic carbocycles. The molecule has 0 fully saturated rings. The van der Waals surface area contributed by atoms with Crippen LogP contribution in [-0.2, 0) is 0 Å². The summed E-state index contributed by atoms with van der Waals surface area (Å²) < 4.78 is 0. The van der Waals surface area contributed by atoms with Gasteiger partial charge in [0.2, 0.25) is 0 Å². The van der Waals surface area contributed by atoms with Crippen LogP contribution in [0.5, 0.6) is 5.75 Å². The lowest BCUT2D eigenvalue weighted by Crippen LogP contribution is -2.13. The molecule has 0 aliphatic rings. The van der Waals surface area contributed by atoms with Gasteiger partial charge in [-0.2, -0.15) is 0 Å². The first-order valence-electron chi connectivity index (χ1n) is 5.95. The Kier molecular flexibility index (Phi) is 3.82. The lowest BCUT2D eigenvalue weighted by molar-refractivity contribution is 0.102. The van der Waals surface area contributed by atoms with Gasteiger partial charge in [-0.3, -0.25) is 4.79 Å². The zero-order valence-electron chi connectivity index (χ0n) is 10.5. The molecule has 1 amide bonds. The molecule has 0 saturated heterocycles. The zero-order valence-corrected chi connectivity index (χ0v) is 10.5. The van der Waals surface area contributed by atoms with E-state index in [1.165, 1.54) is 12.1 Å². The number of phenolic OH excluding ortho intramolecular Hbond substituents is 1. The van der Waals surface area contributed by atoms with Crippen LogP contribution in [0, 0.1) is 0 Å². The predicted molar refractivity (Wildman–Crippen MR) is 73.1 cm³/mol. The van der Waals surface area contributed by atoms with Gasteiger partial charge in [-0.15, -0.1) is 0 Å². The number of para-hydroxylation sites is 1. The highest BCUT2D eigenvalue weighted by atomic mass is 16.3. The molecular formula is C15H15NO3. The van der Waals surface area contributed by atoms with Gasteiger partial charge < -0.3 is 15.5 Å². The first kappa shape index (κ1) is 13.1. The number of hydrogen-bond donors (Lipinski definition) is 3. The van der Waals surface area contributed by atoms with Crippen molar-refractivity contribution in [2.24, 2.45) is 0 Å². The Morgan fingerprint density at radius 3 is 2.58 bits per heavy atom. The Morgan fingerprint density at radius 2 is 1.89 bits per heavy atom. The smallest absolute Gasteiger partial charge is 0.255 e. The minimum absolute atomic E-state index is 0.0384. The van der Waals surface area contributed by atoms with E-state index in [-0.39, 0.29) is 11.7 Å². The average Bonchev–Trinajstić information content (AvgIpc) is 2.39. The van der Waals surface area contributed by atoms with E-state index in [1.807, 2.05) is 0 Å². The van der Waals surface area contributed by atoms with Gasteiger partial charge in [0.05, 0.1) is 6.10 Å². The molecule has 1 unspecified atom stereocenters. The second-order valence-electron chi connectivity index (χ2n) is 4.27. The van der Waals surface area contributed by atoms with E-state index in [2.05, 4.69) is 5.32 Å². The van der Waals surface area contributed by atoms with Crippen molar-refractivity contribution in [3.63, 3.8) is 0 Å². The Balaban J connectivity index is 2.24. The van der Waals surface area contributed by atoms with Gasteiger partial charge in [0.1, 0.15) is 5.75 Å². The van der Waals surface area contributed by atoms with Crippen molar-refractivity contribution >= 4 is 11.6 Å². The molecule has 0 saturated carbocycles. The normalized spacial score (nSPS) is 11.9. The van der Waals surface area contributed by atoms with Gasteiger partial charge >= 0.3 is 0 Å². The summed E-state index contributed by atoms with van der Waals surface area (Å²) in [5, 5.41) is 21.7. The van der Waals surface area contributed by atoms with E-state index in [0.717, 1.165) is 0 Å². The molecule has 0 aromatic heterocycles. The molecule has 0 spiro atoms. The predicted octanol–water partition coefficient (Wildman–Crippen LogP) is 2.70. The second kappa shape index (κ2) is 5.54. The van der Waals surface area contributed by atoms with Crippen molar-refractivity contribution in [3.8, 4) is 5.75 Å². The largest absolute Gasteiger partial charge is 0.508 e. The fraction of sp³-hybridized carbons (Fsp3) is 0.133. The molecule has 98 valence electrons. The fourth-order valence-electron chi connectivity index (χ4n) is 1.82. The SMILES string of the molecule is CC(O)c1ccccc1NC(=O)c1cccc(O)c1. The van der Waals surface area contributed by atoms with Gasteiger partial charge in [0.15, 0.2) is 0 Å². The van der Waals surface area contributed by atoms with E-state index in [0.29, 0.717) is 16.8 Å². The zero-order chi connectivity index (χ0) is 13.8. The highest BCUT2D eigenvalue weighted by molar-refractivity contribution is 6.04. The summed E-state index contributed by atoms with van der Waals surface area (Å²) in [5.74, 6) is -0.291. The maximum atomic E-state index is 12.0. The molecule has 0 aliphatic carbocycles. The van der Waals surface area contributed by atoms with E-state index in [4.69, 9.17) is 0 Å². The van der Waals surface area contributed by atoms with Crippen molar-refractivity contribution in [1.82, 2.24) is 0 Å². The van der Waals surface area contributed by atoms with Gasteiger partial charge in [0, 0.05) is 16.8 Å². The maximum Gasteiger partial charge on any atom is 0.255 e. The van der Waals surface area contributed by atoms with Crippen LogP contribution in [-0.4, -0.2) is 16.1 Å². The van der Waals surface area contributed by atoms with Crippen molar-refractivity contribution in [2.75, 3.05) is 5.32 Å². The molecule has 2 aromatic rings. The monoisotopic (exact) mass is 257 g/mol. The molecule has 2 rings (SSSR count). The van der Waals surface area contributed by atoms with Crippen LogP contribution in [0.3, 0.4) is 0 Å². The van der Waals surface area contributed by atoms with Crippen molar-refractivity contribution in [2.45, 2.75) is 13.0 Å². The Labute approximate surface area is 111 Å². The van der Waals surface area contributed by atoms with Gasteiger partial charge in [-0.1, -0.05) is 24.3 Å². The summed E-state index contributed by atoms with van der Waals surface area (Å²) in [6, 6.07) is 13.2. The van der Waals surface area contributed by atoms with E-state index < -0.39 is 6.10 Å². The number of carbonyl (C=O) groups is 1. The minimum Gasteiger partial charge on any atom is -0.508 e. The number of aliphatic hydroxyl groups is 1. The van der Waals surface area contributed by atoms with Crippen LogP contribution in [0.4, 0.5) is 5.69 Å². The number of aliphatic hydroxyl groups excluding tert-OH is 1. The van der Waals surface area contributed by atoms with Crippen LogP contribution in [0.15, 0.2) is 48.5 Å². The molecule has 1 atom stereocenters. The fourth-order valence-corrected chi connectivity index (χ4v) is 1.82. The molecule has 19 heavy (non-hydrogen) atoms. The average molecular weight is 257 g/mol. The van der Waals surface area contributed by atoms with Crippen molar-refractivity contribution in [3.05, 3.63) is 59.7 Å². The van der Waals surface area contributed by atoms with Crippen LogP contribution in [0.2, 0.25) is 0 Å². The summed E-state index contributed by atoms with van der Waals surface area (Å²) in [7, 11) is 0. The van der Waals surface area contributed by atoms with Crippen LogP contribution in [0.1, 0.15) is 28.9 Å². The number of amides is 1. The number of rotatable bonds is 3. The first-order chi connectivity index (χ1) is 9.08. The number of nitrogens with one attached hydrogen (secondary N) is 1. The minimum atomic E-state index is -0.666. The number of carbonyl (C=O) groups excluding carboxylic acids is 1. The third-order valence-corrected chi connectivity index (χ3v) is 2.77. The van der Waals surface area contributed by atoms with E-state index in [9.17, 15) is 15.0 Å². The Hall–Kier alpha value is -2.33. The van der Waals surface area contributed by atoms with Crippen molar-refractivity contribution < 1.29 is 15.0 Å². The third-order valence-electron chi connectivity index (χ3n) is 2.77. The summed E-state index contributed by atoms with van der Waals surface area (Å²) in [4.78, 5) is 12.0. The molecular weight excluding hydrogens is 242 g/mol. The molecule has 0 bridgehead atoms. The second-order valence-corrected chi connectivity index (χ2v) is 4.27. The molecule has 4 heteroatoms. The molecule has 4 nitrogen and oxygen atoms in total. The molecule has 0 heterocycles. The lowest BCUT2D eigenvalue weighted by Gasteiger charge is -2.13. The van der Waals surface area contributed by atoms with Gasteiger partial charge in [-0.25, -0.2) is 0 Å². The van der Waals surface area contributed by atoms with Crippen molar-refractivity contribution in [1.29, 1.82) is 0 Å². The number of hydrogen-bond acceptors (Lipinski definition) is 3. The van der Waals surface area contributed by atoms with E-state index in [1.54, 1.807) is 43.3 Å². The number of benzene rings is 2. The quantitative estimate of drug-likeness (QED) is 0.791. The molecule has 0 radical (unpaired) electrons. The number of aromatic hydroxyl groups is 1. The van der Waals surface area contributed by atoms with Crippen LogP contribution in [0.25, 0.3) is 0 Å². The Morgan fingerprint density at radius 1 is 1.16 bits per heavy atom. The Bertz CT molecular complexity index is 593. The van der Waals surface area contributed by atoms with Gasteiger partial charge in [-0.05, 0) is 31.2 Å². The number of phenols is 1. The van der Waals surface area contributed by atoms with E-state index >= 15 is 0 Å². The summed E-state index contributed by atoms with van der Waals surface area (Å²) in [6.45, 7) is 1.64. The summed E-state index contributed by atoms with van der Waals surface area (Å²) in [5.41, 5.74) is 1.57. The molecule has 0 aliphatic heterocycles. The molecule has 3 N–H and O–H groups in total. The van der Waals surface area contributed by atoms with Crippen LogP contribution < -0.4 is 5.32 Å². The topological polar surface area (TPSA) is 69.6 Å². The number of anilines is 1. The first-order valence-corrected chi connectivity index (χ1v) is 5.95. The highest BCUT2D eigenvalue weighted by Gasteiger charge is 2.11.